The number of carbonyl (C=O) groups is 3. The summed E-state index contributed by atoms with van der Waals surface area (Å²) in [6.45, 7) is 5.57. The molecule has 1 saturated heterocycles. The number of aryl methyl sites for hydroxylation is 1. The summed E-state index contributed by atoms with van der Waals surface area (Å²) in [6, 6.07) is 18.2. The average molecular weight is 458 g/mol. The van der Waals surface area contributed by atoms with Gasteiger partial charge in [-0.3, -0.25) is 9.59 Å². The number of imide groups is 1. The van der Waals surface area contributed by atoms with Crippen LogP contribution in [0.4, 0.5) is 10.5 Å². The number of urea groups is 1. The van der Waals surface area contributed by atoms with Crippen molar-refractivity contribution < 1.29 is 19.1 Å². The second-order valence-electron chi connectivity index (χ2n) is 8.33. The lowest BCUT2D eigenvalue weighted by molar-refractivity contribution is -0.127. The zero-order valence-corrected chi connectivity index (χ0v) is 19.4. The molecule has 4 rings (SSSR count). The van der Waals surface area contributed by atoms with Gasteiger partial charge in [0.2, 0.25) is 5.91 Å². The van der Waals surface area contributed by atoms with Gasteiger partial charge in [-0.2, -0.15) is 0 Å². The minimum absolute atomic E-state index is 0.0193. The van der Waals surface area contributed by atoms with Crippen molar-refractivity contribution in [1.29, 1.82) is 0 Å². The maximum absolute atomic E-state index is 13.0. The van der Waals surface area contributed by atoms with Gasteiger partial charge in [0.15, 0.2) is 0 Å². The maximum atomic E-state index is 13.0. The molecule has 4 amide bonds. The number of nitrogens with zero attached hydrogens (tertiary/aromatic N) is 1. The number of carbonyl (C=O) groups excluding carboxylic acids is 3. The predicted octanol–water partition coefficient (Wildman–Crippen LogP) is 4.86. The molecule has 0 unspecified atom stereocenters. The van der Waals surface area contributed by atoms with Crippen LogP contribution in [-0.2, 0) is 9.59 Å². The van der Waals surface area contributed by atoms with Gasteiger partial charge in [0.05, 0.1) is 6.10 Å². The van der Waals surface area contributed by atoms with Crippen molar-refractivity contribution in [2.75, 3.05) is 11.9 Å². The van der Waals surface area contributed by atoms with Crippen LogP contribution in [0.5, 0.6) is 5.75 Å². The number of amides is 4. The van der Waals surface area contributed by atoms with Gasteiger partial charge < -0.3 is 15.4 Å². The van der Waals surface area contributed by atoms with Crippen molar-refractivity contribution in [2.24, 2.45) is 0 Å². The van der Waals surface area contributed by atoms with E-state index in [0.29, 0.717) is 17.0 Å². The van der Waals surface area contributed by atoms with Gasteiger partial charge in [-0.25, -0.2) is 9.69 Å². The van der Waals surface area contributed by atoms with Crippen molar-refractivity contribution in [3.05, 3.63) is 77.5 Å². The van der Waals surface area contributed by atoms with Crippen LogP contribution < -0.4 is 15.4 Å². The van der Waals surface area contributed by atoms with Crippen LogP contribution in [0.15, 0.2) is 66.4 Å². The SMILES string of the molecule is CC[C@@H](C)Oc1ccc2ccccc2c1/C=C1\NC(=O)N(CC(=O)Nc2ccc(C)cc2)C1=O. The van der Waals surface area contributed by atoms with Crippen LogP contribution >= 0.6 is 0 Å². The smallest absolute Gasteiger partial charge is 0.329 e. The fourth-order valence-corrected chi connectivity index (χ4v) is 3.67. The first-order valence-corrected chi connectivity index (χ1v) is 11.2. The maximum Gasteiger partial charge on any atom is 0.329 e. The molecule has 0 radical (unpaired) electrons. The molecule has 1 atom stereocenters. The van der Waals surface area contributed by atoms with E-state index in [4.69, 9.17) is 4.74 Å². The highest BCUT2D eigenvalue weighted by Crippen LogP contribution is 2.32. The van der Waals surface area contributed by atoms with Crippen molar-refractivity contribution in [3.8, 4) is 5.75 Å². The number of fused-ring (bicyclic) bond motifs is 1. The standard InChI is InChI=1S/C27H27N3O4/c1-4-18(3)34-24-14-11-19-7-5-6-8-21(19)22(24)15-23-26(32)30(27(33)29-23)16-25(31)28-20-12-9-17(2)10-13-20/h5-15,18H,4,16H2,1-3H3,(H,28,31)(H,29,33)/b23-15-/t18-/m1/s1. The molecule has 1 heterocycles. The summed E-state index contributed by atoms with van der Waals surface area (Å²) in [5.74, 6) is -0.399. The zero-order chi connectivity index (χ0) is 24.2. The number of rotatable bonds is 7. The Labute approximate surface area is 198 Å². The number of benzene rings is 3. The summed E-state index contributed by atoms with van der Waals surface area (Å²) in [7, 11) is 0. The third-order valence-corrected chi connectivity index (χ3v) is 5.72. The molecule has 1 aliphatic rings. The Morgan fingerprint density at radius 3 is 2.56 bits per heavy atom. The van der Waals surface area contributed by atoms with E-state index in [1.807, 2.05) is 69.3 Å². The van der Waals surface area contributed by atoms with Gasteiger partial charge in [0, 0.05) is 11.3 Å². The van der Waals surface area contributed by atoms with Gasteiger partial charge in [-0.1, -0.05) is 55.0 Å². The van der Waals surface area contributed by atoms with Crippen LogP contribution in [-0.4, -0.2) is 35.4 Å². The van der Waals surface area contributed by atoms with Crippen molar-refractivity contribution in [1.82, 2.24) is 10.2 Å². The number of ether oxygens (including phenoxy) is 1. The first-order valence-electron chi connectivity index (χ1n) is 11.2. The van der Waals surface area contributed by atoms with Gasteiger partial charge in [-0.15, -0.1) is 0 Å². The number of hydrogen-bond donors (Lipinski definition) is 2. The molecule has 174 valence electrons. The highest BCUT2D eigenvalue weighted by atomic mass is 16.5. The Balaban J connectivity index is 1.60. The molecule has 0 aromatic heterocycles. The lowest BCUT2D eigenvalue weighted by Gasteiger charge is -2.17. The summed E-state index contributed by atoms with van der Waals surface area (Å²) in [6.07, 6.45) is 2.43. The summed E-state index contributed by atoms with van der Waals surface area (Å²) in [5.41, 5.74) is 2.46. The van der Waals surface area contributed by atoms with Crippen LogP contribution in [0.3, 0.4) is 0 Å². The molecule has 1 fully saturated rings. The summed E-state index contributed by atoms with van der Waals surface area (Å²) in [5, 5.41) is 7.19. The molecule has 3 aromatic carbocycles. The molecule has 2 N–H and O–H groups in total. The van der Waals surface area contributed by atoms with Gasteiger partial charge in [0.1, 0.15) is 18.0 Å². The average Bonchev–Trinajstić information content (AvgIpc) is 3.09. The minimum Gasteiger partial charge on any atom is -0.490 e. The molecular weight excluding hydrogens is 430 g/mol. The minimum atomic E-state index is -0.639. The van der Waals surface area contributed by atoms with Crippen LogP contribution in [0.2, 0.25) is 0 Å². The summed E-state index contributed by atoms with van der Waals surface area (Å²) < 4.78 is 6.09. The Bertz CT molecular complexity index is 1280. The highest BCUT2D eigenvalue weighted by molar-refractivity contribution is 6.16. The molecule has 7 nitrogen and oxygen atoms in total. The van der Waals surface area contributed by atoms with Crippen LogP contribution in [0.1, 0.15) is 31.4 Å². The van der Waals surface area contributed by atoms with E-state index in [1.165, 1.54) is 0 Å². The third-order valence-electron chi connectivity index (χ3n) is 5.72. The fraction of sp³-hybridized carbons (Fsp3) is 0.222. The Morgan fingerprint density at radius 1 is 1.09 bits per heavy atom. The second kappa shape index (κ2) is 9.79. The molecule has 0 saturated carbocycles. The van der Waals surface area contributed by atoms with Crippen molar-refractivity contribution in [2.45, 2.75) is 33.3 Å². The lowest BCUT2D eigenvalue weighted by atomic mass is 10.0. The van der Waals surface area contributed by atoms with Gasteiger partial charge in [0.25, 0.3) is 5.91 Å². The highest BCUT2D eigenvalue weighted by Gasteiger charge is 2.35. The predicted molar refractivity (Wildman–Crippen MR) is 132 cm³/mol. The van der Waals surface area contributed by atoms with E-state index in [1.54, 1.807) is 18.2 Å². The monoisotopic (exact) mass is 457 g/mol. The zero-order valence-electron chi connectivity index (χ0n) is 19.4. The third kappa shape index (κ3) is 4.93. The molecule has 0 aliphatic carbocycles. The van der Waals surface area contributed by atoms with Crippen molar-refractivity contribution >= 4 is 40.4 Å². The van der Waals surface area contributed by atoms with E-state index in [2.05, 4.69) is 10.6 Å². The second-order valence-corrected chi connectivity index (χ2v) is 8.33. The normalized spacial score (nSPS) is 15.5. The van der Waals surface area contributed by atoms with Gasteiger partial charge >= 0.3 is 6.03 Å². The topological polar surface area (TPSA) is 87.7 Å². The molecular formula is C27H27N3O4. The first kappa shape index (κ1) is 23.0. The Kier molecular flexibility index (Phi) is 6.63. The summed E-state index contributed by atoms with van der Waals surface area (Å²) in [4.78, 5) is 38.9. The molecule has 0 spiro atoms. The number of anilines is 1. The van der Waals surface area contributed by atoms with Crippen molar-refractivity contribution in [3.63, 3.8) is 0 Å². The molecule has 3 aromatic rings. The number of nitrogens with one attached hydrogen (secondary N) is 2. The van der Waals surface area contributed by atoms with Gasteiger partial charge in [-0.05, 0) is 55.3 Å². The first-order chi connectivity index (χ1) is 16.4. The summed E-state index contributed by atoms with van der Waals surface area (Å²) >= 11 is 0. The molecule has 0 bridgehead atoms. The van der Waals surface area contributed by atoms with E-state index in [0.717, 1.165) is 27.7 Å². The van der Waals surface area contributed by atoms with Crippen LogP contribution in [0, 0.1) is 6.92 Å². The van der Waals surface area contributed by atoms with E-state index < -0.39 is 17.8 Å². The van der Waals surface area contributed by atoms with E-state index >= 15 is 0 Å². The molecule has 7 heteroatoms. The quantitative estimate of drug-likeness (QED) is 0.392. The van der Waals surface area contributed by atoms with Crippen LogP contribution in [0.25, 0.3) is 16.8 Å². The largest absolute Gasteiger partial charge is 0.490 e. The Morgan fingerprint density at radius 2 is 1.82 bits per heavy atom. The fourth-order valence-electron chi connectivity index (χ4n) is 3.67. The Hall–Kier alpha value is -4.13. The molecule has 34 heavy (non-hydrogen) atoms. The van der Waals surface area contributed by atoms with E-state index in [-0.39, 0.29) is 18.3 Å². The number of hydrogen-bond acceptors (Lipinski definition) is 4. The van der Waals surface area contributed by atoms with E-state index in [9.17, 15) is 14.4 Å². The lowest BCUT2D eigenvalue weighted by Crippen LogP contribution is -2.38. The molecule has 1 aliphatic heterocycles.